The Morgan fingerprint density at radius 3 is 2.72 bits per heavy atom. The highest BCUT2D eigenvalue weighted by atomic mass is 19.1. The fourth-order valence-electron chi connectivity index (χ4n) is 4.19. The molecule has 2 fully saturated rings. The average molecular weight is 404 g/mol. The Balaban J connectivity index is 1.61. The molecule has 0 spiro atoms. The third-order valence-electron chi connectivity index (χ3n) is 5.76. The monoisotopic (exact) mass is 404 g/mol. The topological polar surface area (TPSA) is 55.6 Å². The highest BCUT2D eigenvalue weighted by Gasteiger charge is 2.44. The summed E-state index contributed by atoms with van der Waals surface area (Å²) in [4.78, 5) is 14.2. The van der Waals surface area contributed by atoms with Gasteiger partial charge >= 0.3 is 0 Å². The van der Waals surface area contributed by atoms with Gasteiger partial charge in [0.15, 0.2) is 0 Å². The first-order chi connectivity index (χ1) is 14.0. The normalized spacial score (nSPS) is 26.8. The summed E-state index contributed by atoms with van der Waals surface area (Å²) >= 11 is 0. The van der Waals surface area contributed by atoms with Crippen LogP contribution in [0.4, 0.5) is 13.2 Å². The van der Waals surface area contributed by atoms with Crippen molar-refractivity contribution in [3.05, 3.63) is 59.7 Å². The van der Waals surface area contributed by atoms with Crippen molar-refractivity contribution in [2.75, 3.05) is 13.2 Å². The third-order valence-corrected chi connectivity index (χ3v) is 5.76. The molecule has 2 aromatic rings. The number of rotatable bonds is 4. The number of carbonyl (C=O) groups excluding carboxylic acids is 1. The van der Waals surface area contributed by atoms with Crippen molar-refractivity contribution in [3.63, 3.8) is 0 Å². The lowest BCUT2D eigenvalue weighted by Gasteiger charge is -2.28. The smallest absolute Gasteiger partial charge is 0.252 e. The van der Waals surface area contributed by atoms with Crippen LogP contribution < -0.4 is 5.73 Å². The molecule has 7 heteroatoms. The Kier molecular flexibility index (Phi) is 5.61. The van der Waals surface area contributed by atoms with Gasteiger partial charge in [0.1, 0.15) is 23.9 Å². The average Bonchev–Trinajstić information content (AvgIpc) is 3.33. The van der Waals surface area contributed by atoms with Crippen molar-refractivity contribution in [1.82, 2.24) is 4.90 Å². The summed E-state index contributed by atoms with van der Waals surface area (Å²) in [5.74, 6) is -1.26. The van der Waals surface area contributed by atoms with Crippen LogP contribution in [0.2, 0.25) is 0 Å². The van der Waals surface area contributed by atoms with E-state index in [1.165, 1.54) is 23.1 Å². The highest BCUT2D eigenvalue weighted by molar-refractivity contribution is 5.82. The highest BCUT2D eigenvalue weighted by Crippen LogP contribution is 2.30. The van der Waals surface area contributed by atoms with Crippen molar-refractivity contribution in [2.45, 2.75) is 43.6 Å². The standard InChI is InChI=1S/C22H23F3N2O2/c23-15-6-1-4-13(10-15)16-7-2-5-14(20(16)25)11-18-21(26)17(24)12-27(18)22(28)19-8-3-9-29-19/h1-2,4-7,10,17-19,21H,3,8-9,11-12,26H2/t17-,18-,19-,21-/m0/s1. The molecule has 4 nitrogen and oxygen atoms in total. The van der Waals surface area contributed by atoms with Crippen LogP contribution >= 0.6 is 0 Å². The van der Waals surface area contributed by atoms with Crippen LogP contribution in [0, 0.1) is 11.6 Å². The first kappa shape index (κ1) is 19.9. The number of nitrogens with zero attached hydrogens (tertiary/aromatic N) is 1. The van der Waals surface area contributed by atoms with Gasteiger partial charge in [-0.2, -0.15) is 0 Å². The van der Waals surface area contributed by atoms with E-state index in [4.69, 9.17) is 10.5 Å². The second-order valence-corrected chi connectivity index (χ2v) is 7.65. The third kappa shape index (κ3) is 3.89. The molecule has 0 bridgehead atoms. The van der Waals surface area contributed by atoms with E-state index < -0.39 is 36.0 Å². The zero-order valence-corrected chi connectivity index (χ0v) is 15.9. The van der Waals surface area contributed by atoms with Crippen LogP contribution in [-0.4, -0.2) is 48.3 Å². The summed E-state index contributed by atoms with van der Waals surface area (Å²) < 4.78 is 48.6. The number of amides is 1. The second-order valence-electron chi connectivity index (χ2n) is 7.65. The van der Waals surface area contributed by atoms with Gasteiger partial charge in [-0.1, -0.05) is 30.3 Å². The maximum Gasteiger partial charge on any atom is 0.252 e. The Bertz CT molecular complexity index is 901. The maximum atomic E-state index is 15.2. The first-order valence-corrected chi connectivity index (χ1v) is 9.81. The summed E-state index contributed by atoms with van der Waals surface area (Å²) in [5.41, 5.74) is 7.01. The Morgan fingerprint density at radius 2 is 2.00 bits per heavy atom. The molecule has 0 radical (unpaired) electrons. The number of carbonyl (C=O) groups is 1. The van der Waals surface area contributed by atoms with E-state index in [0.717, 1.165) is 6.42 Å². The molecule has 2 aromatic carbocycles. The van der Waals surface area contributed by atoms with Gasteiger partial charge in [-0.3, -0.25) is 4.79 Å². The van der Waals surface area contributed by atoms with E-state index in [0.29, 0.717) is 24.2 Å². The van der Waals surface area contributed by atoms with E-state index >= 15 is 4.39 Å². The van der Waals surface area contributed by atoms with Crippen molar-refractivity contribution in [3.8, 4) is 11.1 Å². The minimum absolute atomic E-state index is 0.0784. The van der Waals surface area contributed by atoms with Crippen LogP contribution in [0.25, 0.3) is 11.1 Å². The fourth-order valence-corrected chi connectivity index (χ4v) is 4.19. The number of ether oxygens (including phenoxy) is 1. The number of likely N-dealkylation sites (tertiary alicyclic amines) is 1. The van der Waals surface area contributed by atoms with E-state index in [1.807, 2.05) is 0 Å². The lowest BCUT2D eigenvalue weighted by atomic mass is 9.95. The number of alkyl halides is 1. The molecule has 0 unspecified atom stereocenters. The summed E-state index contributed by atoms with van der Waals surface area (Å²) in [6.07, 6.45) is -0.505. The van der Waals surface area contributed by atoms with Gasteiger partial charge in [-0.15, -0.1) is 0 Å². The Morgan fingerprint density at radius 1 is 1.21 bits per heavy atom. The molecule has 2 N–H and O–H groups in total. The molecule has 0 saturated carbocycles. The predicted octanol–water partition coefficient (Wildman–Crippen LogP) is 3.23. The van der Waals surface area contributed by atoms with E-state index in [-0.39, 0.29) is 24.4 Å². The molecule has 2 saturated heterocycles. The second kappa shape index (κ2) is 8.16. The SMILES string of the molecule is N[C@H]1[C@@H](F)CN(C(=O)[C@@H]2CCCO2)[C@H]1Cc1cccc(-c2cccc(F)c2)c1F. The molecular formula is C22H23F3N2O2. The summed E-state index contributed by atoms with van der Waals surface area (Å²) in [6.45, 7) is 0.389. The molecule has 0 aromatic heterocycles. The van der Waals surface area contributed by atoms with Gasteiger partial charge in [-0.05, 0) is 42.5 Å². The van der Waals surface area contributed by atoms with Gasteiger partial charge in [0.25, 0.3) is 5.91 Å². The summed E-state index contributed by atoms with van der Waals surface area (Å²) in [5, 5.41) is 0. The maximum absolute atomic E-state index is 15.2. The van der Waals surface area contributed by atoms with Crippen molar-refractivity contribution in [2.24, 2.45) is 5.73 Å². The summed E-state index contributed by atoms with van der Waals surface area (Å²) in [6, 6.07) is 8.93. The van der Waals surface area contributed by atoms with Crippen LogP contribution in [0.5, 0.6) is 0 Å². The lowest BCUT2D eigenvalue weighted by Crippen LogP contribution is -2.48. The summed E-state index contributed by atoms with van der Waals surface area (Å²) in [7, 11) is 0. The van der Waals surface area contributed by atoms with Crippen molar-refractivity contribution < 1.29 is 22.7 Å². The zero-order chi connectivity index (χ0) is 20.5. The van der Waals surface area contributed by atoms with Crippen molar-refractivity contribution in [1.29, 1.82) is 0 Å². The van der Waals surface area contributed by atoms with Crippen LogP contribution in [0.15, 0.2) is 42.5 Å². The van der Waals surface area contributed by atoms with Gasteiger partial charge in [0, 0.05) is 12.2 Å². The number of hydrogen-bond acceptors (Lipinski definition) is 3. The predicted molar refractivity (Wildman–Crippen MR) is 103 cm³/mol. The Labute approximate surface area is 167 Å². The van der Waals surface area contributed by atoms with Gasteiger partial charge in [0.05, 0.1) is 18.6 Å². The van der Waals surface area contributed by atoms with E-state index in [9.17, 15) is 13.6 Å². The van der Waals surface area contributed by atoms with Crippen LogP contribution in [-0.2, 0) is 16.0 Å². The molecule has 0 aliphatic carbocycles. The molecule has 29 heavy (non-hydrogen) atoms. The van der Waals surface area contributed by atoms with Crippen molar-refractivity contribution >= 4 is 5.91 Å². The van der Waals surface area contributed by atoms with Gasteiger partial charge in [-0.25, -0.2) is 13.2 Å². The molecular weight excluding hydrogens is 381 g/mol. The molecule has 2 aliphatic heterocycles. The zero-order valence-electron chi connectivity index (χ0n) is 15.9. The number of hydrogen-bond donors (Lipinski definition) is 1. The lowest BCUT2D eigenvalue weighted by molar-refractivity contribution is -0.142. The molecule has 4 rings (SSSR count). The van der Waals surface area contributed by atoms with Crippen LogP contribution in [0.1, 0.15) is 18.4 Å². The van der Waals surface area contributed by atoms with Gasteiger partial charge < -0.3 is 15.4 Å². The number of halogens is 3. The molecule has 2 heterocycles. The molecule has 2 aliphatic rings. The van der Waals surface area contributed by atoms with E-state index in [1.54, 1.807) is 24.3 Å². The largest absolute Gasteiger partial charge is 0.368 e. The van der Waals surface area contributed by atoms with E-state index in [2.05, 4.69) is 0 Å². The quantitative estimate of drug-likeness (QED) is 0.851. The Hall–Kier alpha value is -2.38. The van der Waals surface area contributed by atoms with Gasteiger partial charge in [0.2, 0.25) is 0 Å². The minimum Gasteiger partial charge on any atom is -0.368 e. The number of nitrogens with two attached hydrogens (primary N) is 1. The number of benzene rings is 2. The molecule has 1 amide bonds. The molecule has 154 valence electrons. The fraction of sp³-hybridized carbons (Fsp3) is 0.409. The van der Waals surface area contributed by atoms with Crippen LogP contribution in [0.3, 0.4) is 0 Å². The minimum atomic E-state index is -1.38. The first-order valence-electron chi connectivity index (χ1n) is 9.81. The molecule has 4 atom stereocenters.